The SMILES string of the molecule is COCCCCC1CCC(Br)C1C. The van der Waals surface area contributed by atoms with E-state index in [0.29, 0.717) is 0 Å². The summed E-state index contributed by atoms with van der Waals surface area (Å²) in [4.78, 5) is 0.778. The largest absolute Gasteiger partial charge is 0.385 e. The molecule has 0 heterocycles. The average Bonchev–Trinajstić information content (AvgIpc) is 2.43. The quantitative estimate of drug-likeness (QED) is 0.534. The van der Waals surface area contributed by atoms with Crippen LogP contribution in [0.1, 0.15) is 39.0 Å². The van der Waals surface area contributed by atoms with E-state index >= 15 is 0 Å². The van der Waals surface area contributed by atoms with Gasteiger partial charge >= 0.3 is 0 Å². The molecule has 78 valence electrons. The minimum Gasteiger partial charge on any atom is -0.385 e. The zero-order valence-electron chi connectivity index (χ0n) is 8.76. The van der Waals surface area contributed by atoms with Gasteiger partial charge in [0.05, 0.1) is 0 Å². The molecule has 0 N–H and O–H groups in total. The van der Waals surface area contributed by atoms with E-state index in [2.05, 4.69) is 22.9 Å². The molecule has 1 aliphatic carbocycles. The van der Waals surface area contributed by atoms with Crippen molar-refractivity contribution in [3.63, 3.8) is 0 Å². The molecule has 1 fully saturated rings. The molecule has 2 heteroatoms. The Morgan fingerprint density at radius 3 is 2.62 bits per heavy atom. The van der Waals surface area contributed by atoms with Crippen LogP contribution in [0, 0.1) is 11.8 Å². The van der Waals surface area contributed by atoms with E-state index in [4.69, 9.17) is 4.74 Å². The van der Waals surface area contributed by atoms with Gasteiger partial charge in [-0.3, -0.25) is 0 Å². The third-order valence-electron chi connectivity index (χ3n) is 3.30. The molecule has 0 aromatic rings. The molecule has 0 bridgehead atoms. The maximum atomic E-state index is 5.05. The summed E-state index contributed by atoms with van der Waals surface area (Å²) in [5.74, 6) is 1.84. The van der Waals surface area contributed by atoms with Crippen LogP contribution in [0.2, 0.25) is 0 Å². The van der Waals surface area contributed by atoms with E-state index < -0.39 is 0 Å². The zero-order chi connectivity index (χ0) is 9.68. The first kappa shape index (κ1) is 11.5. The molecular weight excluding hydrogens is 228 g/mol. The van der Waals surface area contributed by atoms with Crippen LogP contribution in [0.15, 0.2) is 0 Å². The fraction of sp³-hybridized carbons (Fsp3) is 1.00. The van der Waals surface area contributed by atoms with Crippen LogP contribution in [0.4, 0.5) is 0 Å². The molecule has 0 aromatic carbocycles. The molecule has 1 nitrogen and oxygen atoms in total. The van der Waals surface area contributed by atoms with Gasteiger partial charge in [0.1, 0.15) is 0 Å². The van der Waals surface area contributed by atoms with Crippen LogP contribution in [-0.2, 0) is 4.74 Å². The van der Waals surface area contributed by atoms with Gasteiger partial charge < -0.3 is 4.74 Å². The Bertz CT molecular complexity index is 138. The first-order valence-electron chi connectivity index (χ1n) is 5.38. The molecule has 3 unspecified atom stereocenters. The molecule has 0 aromatic heterocycles. The maximum absolute atomic E-state index is 5.05. The summed E-state index contributed by atoms with van der Waals surface area (Å²) in [7, 11) is 1.78. The molecule has 0 saturated heterocycles. The predicted molar refractivity (Wildman–Crippen MR) is 60.3 cm³/mol. The Kier molecular flexibility index (Phi) is 5.34. The highest BCUT2D eigenvalue weighted by Gasteiger charge is 2.29. The summed E-state index contributed by atoms with van der Waals surface area (Å²) in [6.07, 6.45) is 6.75. The number of methoxy groups -OCH3 is 1. The molecule has 1 aliphatic rings. The number of halogens is 1. The number of hydrogen-bond acceptors (Lipinski definition) is 1. The predicted octanol–water partition coefficient (Wildman–Crippen LogP) is 3.61. The number of ether oxygens (including phenoxy) is 1. The lowest BCUT2D eigenvalue weighted by Crippen LogP contribution is -2.10. The summed E-state index contributed by atoms with van der Waals surface area (Å²) in [5.41, 5.74) is 0. The van der Waals surface area contributed by atoms with Gasteiger partial charge in [0.2, 0.25) is 0 Å². The molecule has 0 aliphatic heterocycles. The first-order chi connectivity index (χ1) is 6.25. The third-order valence-corrected chi connectivity index (χ3v) is 4.59. The lowest BCUT2D eigenvalue weighted by atomic mass is 9.93. The zero-order valence-corrected chi connectivity index (χ0v) is 10.3. The summed E-state index contributed by atoms with van der Waals surface area (Å²) in [6, 6.07) is 0. The number of hydrogen-bond donors (Lipinski definition) is 0. The van der Waals surface area contributed by atoms with Gasteiger partial charge in [0, 0.05) is 18.5 Å². The van der Waals surface area contributed by atoms with Crippen molar-refractivity contribution in [2.75, 3.05) is 13.7 Å². The Balaban J connectivity index is 2.08. The van der Waals surface area contributed by atoms with E-state index in [1.807, 2.05) is 0 Å². The van der Waals surface area contributed by atoms with Crippen LogP contribution in [0.3, 0.4) is 0 Å². The molecule has 1 saturated carbocycles. The molecular formula is C11H21BrO. The van der Waals surface area contributed by atoms with E-state index in [1.54, 1.807) is 7.11 Å². The average molecular weight is 249 g/mol. The van der Waals surface area contributed by atoms with E-state index in [9.17, 15) is 0 Å². The molecule has 1 rings (SSSR count). The fourth-order valence-corrected chi connectivity index (χ4v) is 2.95. The lowest BCUT2D eigenvalue weighted by molar-refractivity contribution is 0.189. The monoisotopic (exact) mass is 248 g/mol. The highest BCUT2D eigenvalue weighted by molar-refractivity contribution is 9.09. The number of rotatable bonds is 5. The number of alkyl halides is 1. The Labute approximate surface area is 90.4 Å². The standard InChI is InChI=1S/C11H21BrO/c1-9-10(6-7-11(9)12)5-3-4-8-13-2/h9-11H,3-8H2,1-2H3. The van der Waals surface area contributed by atoms with Gasteiger partial charge in [-0.15, -0.1) is 0 Å². The minimum atomic E-state index is 0.778. The van der Waals surface area contributed by atoms with Gasteiger partial charge in [-0.2, -0.15) is 0 Å². The van der Waals surface area contributed by atoms with Crippen molar-refractivity contribution < 1.29 is 4.74 Å². The van der Waals surface area contributed by atoms with Gasteiger partial charge in [-0.1, -0.05) is 35.7 Å². The van der Waals surface area contributed by atoms with Gasteiger partial charge in [-0.05, 0) is 31.1 Å². The van der Waals surface area contributed by atoms with Crippen molar-refractivity contribution in [1.82, 2.24) is 0 Å². The van der Waals surface area contributed by atoms with Crippen molar-refractivity contribution in [3.8, 4) is 0 Å². The topological polar surface area (TPSA) is 9.23 Å². The van der Waals surface area contributed by atoms with Gasteiger partial charge in [-0.25, -0.2) is 0 Å². The molecule has 0 spiro atoms. The smallest absolute Gasteiger partial charge is 0.0462 e. The molecule has 0 amide bonds. The third kappa shape index (κ3) is 3.59. The van der Waals surface area contributed by atoms with E-state index in [-0.39, 0.29) is 0 Å². The van der Waals surface area contributed by atoms with Crippen LogP contribution in [-0.4, -0.2) is 18.5 Å². The maximum Gasteiger partial charge on any atom is 0.0462 e. The lowest BCUT2D eigenvalue weighted by Gasteiger charge is -2.16. The fourth-order valence-electron chi connectivity index (χ4n) is 2.25. The highest BCUT2D eigenvalue weighted by atomic mass is 79.9. The second-order valence-electron chi connectivity index (χ2n) is 4.20. The molecule has 13 heavy (non-hydrogen) atoms. The highest BCUT2D eigenvalue weighted by Crippen LogP contribution is 2.38. The van der Waals surface area contributed by atoms with Crippen LogP contribution in [0.25, 0.3) is 0 Å². The van der Waals surface area contributed by atoms with Crippen molar-refractivity contribution in [1.29, 1.82) is 0 Å². The van der Waals surface area contributed by atoms with Crippen molar-refractivity contribution in [3.05, 3.63) is 0 Å². The minimum absolute atomic E-state index is 0.778. The van der Waals surface area contributed by atoms with Crippen molar-refractivity contribution in [2.24, 2.45) is 11.8 Å². The second kappa shape index (κ2) is 6.02. The first-order valence-corrected chi connectivity index (χ1v) is 6.30. The van der Waals surface area contributed by atoms with Crippen LogP contribution < -0.4 is 0 Å². The summed E-state index contributed by atoms with van der Waals surface area (Å²) >= 11 is 3.74. The van der Waals surface area contributed by atoms with Gasteiger partial charge in [0.25, 0.3) is 0 Å². The molecule has 3 atom stereocenters. The Morgan fingerprint density at radius 2 is 2.08 bits per heavy atom. The van der Waals surface area contributed by atoms with Crippen molar-refractivity contribution in [2.45, 2.75) is 43.9 Å². The van der Waals surface area contributed by atoms with E-state index in [1.165, 1.54) is 32.1 Å². The van der Waals surface area contributed by atoms with Crippen molar-refractivity contribution >= 4 is 15.9 Å². The normalized spacial score (nSPS) is 33.9. The second-order valence-corrected chi connectivity index (χ2v) is 5.38. The Hall–Kier alpha value is 0.440. The summed E-state index contributed by atoms with van der Waals surface area (Å²) < 4.78 is 5.05. The molecule has 0 radical (unpaired) electrons. The Morgan fingerprint density at radius 1 is 1.31 bits per heavy atom. The van der Waals surface area contributed by atoms with Gasteiger partial charge in [0.15, 0.2) is 0 Å². The van der Waals surface area contributed by atoms with Crippen LogP contribution >= 0.6 is 15.9 Å². The summed E-state index contributed by atoms with van der Waals surface area (Å²) in [5, 5.41) is 0. The van der Waals surface area contributed by atoms with E-state index in [0.717, 1.165) is 23.3 Å². The van der Waals surface area contributed by atoms with Crippen LogP contribution in [0.5, 0.6) is 0 Å². The summed E-state index contributed by atoms with van der Waals surface area (Å²) in [6.45, 7) is 3.31. The number of unbranched alkanes of at least 4 members (excludes halogenated alkanes) is 1.